The Hall–Kier alpha value is -0.640. The van der Waals surface area contributed by atoms with Crippen molar-refractivity contribution >= 4 is 40.9 Å². The third-order valence-corrected chi connectivity index (χ3v) is 3.30. The number of halogens is 3. The van der Waals surface area contributed by atoms with Gasteiger partial charge in [-0.15, -0.1) is 0 Å². The van der Waals surface area contributed by atoms with E-state index in [1.807, 2.05) is 0 Å². The summed E-state index contributed by atoms with van der Waals surface area (Å²) in [5.74, 6) is 0.162. The highest BCUT2D eigenvalue weighted by atomic mass is 35.5. The van der Waals surface area contributed by atoms with Crippen molar-refractivity contribution in [1.29, 1.82) is 0 Å². The molecule has 0 atom stereocenters. The average Bonchev–Trinajstić information content (AvgIpc) is 2.76. The number of benzene rings is 1. The highest BCUT2D eigenvalue weighted by molar-refractivity contribution is 6.40. The van der Waals surface area contributed by atoms with Crippen molar-refractivity contribution in [2.75, 3.05) is 13.1 Å². The van der Waals surface area contributed by atoms with E-state index in [2.05, 4.69) is 0 Å². The standard InChI is InChI=1S/C11H10Cl3NO2/c12-7-5-8(13)10(9(14)6-7)17-11(16)15-3-1-2-4-15/h5-6H,1-4H2. The average molecular weight is 295 g/mol. The van der Waals surface area contributed by atoms with Crippen LogP contribution in [0, 0.1) is 0 Å². The fourth-order valence-corrected chi connectivity index (χ4v) is 2.57. The van der Waals surface area contributed by atoms with Crippen molar-refractivity contribution in [2.45, 2.75) is 12.8 Å². The third kappa shape index (κ3) is 2.97. The summed E-state index contributed by atoms with van der Waals surface area (Å²) < 4.78 is 5.18. The Morgan fingerprint density at radius 3 is 2.18 bits per heavy atom. The molecule has 1 aliphatic rings. The van der Waals surface area contributed by atoms with Gasteiger partial charge in [-0.2, -0.15) is 0 Å². The van der Waals surface area contributed by atoms with E-state index >= 15 is 0 Å². The summed E-state index contributed by atoms with van der Waals surface area (Å²) in [5, 5.41) is 0.867. The molecule has 1 heterocycles. The Balaban J connectivity index is 2.15. The van der Waals surface area contributed by atoms with E-state index in [4.69, 9.17) is 39.5 Å². The molecule has 92 valence electrons. The van der Waals surface area contributed by atoms with E-state index in [1.54, 1.807) is 4.90 Å². The number of rotatable bonds is 1. The minimum Gasteiger partial charge on any atom is -0.407 e. The van der Waals surface area contributed by atoms with Gasteiger partial charge in [-0.1, -0.05) is 34.8 Å². The van der Waals surface area contributed by atoms with Crippen LogP contribution in [0.3, 0.4) is 0 Å². The number of nitrogens with zero attached hydrogens (tertiary/aromatic N) is 1. The number of likely N-dealkylation sites (tertiary alicyclic amines) is 1. The number of carbonyl (C=O) groups excluding carboxylic acids is 1. The molecule has 0 saturated carbocycles. The lowest BCUT2D eigenvalue weighted by Gasteiger charge is -2.16. The van der Waals surface area contributed by atoms with Gasteiger partial charge in [0, 0.05) is 18.1 Å². The Kier molecular flexibility index (Phi) is 4.02. The molecule has 1 fully saturated rings. The second-order valence-corrected chi connectivity index (χ2v) is 5.01. The molecule has 17 heavy (non-hydrogen) atoms. The first-order valence-corrected chi connectivity index (χ1v) is 6.32. The van der Waals surface area contributed by atoms with Crippen molar-refractivity contribution < 1.29 is 9.53 Å². The van der Waals surface area contributed by atoms with Crippen LogP contribution in [-0.2, 0) is 0 Å². The number of amides is 1. The van der Waals surface area contributed by atoms with Crippen LogP contribution in [0.15, 0.2) is 12.1 Å². The van der Waals surface area contributed by atoms with Crippen molar-refractivity contribution in [3.05, 3.63) is 27.2 Å². The quantitative estimate of drug-likeness (QED) is 0.775. The normalized spacial score (nSPS) is 15.1. The van der Waals surface area contributed by atoms with Crippen LogP contribution in [0.1, 0.15) is 12.8 Å². The van der Waals surface area contributed by atoms with Gasteiger partial charge in [0.25, 0.3) is 0 Å². The molecule has 0 aromatic heterocycles. The molecular formula is C11H10Cl3NO2. The van der Waals surface area contributed by atoms with Gasteiger partial charge in [0.05, 0.1) is 10.0 Å². The predicted molar refractivity (Wildman–Crippen MR) is 68.3 cm³/mol. The van der Waals surface area contributed by atoms with Gasteiger partial charge in [-0.05, 0) is 25.0 Å². The summed E-state index contributed by atoms with van der Waals surface area (Å²) in [7, 11) is 0. The van der Waals surface area contributed by atoms with Crippen LogP contribution in [0.2, 0.25) is 15.1 Å². The summed E-state index contributed by atoms with van der Waals surface area (Å²) in [6.07, 6.45) is 1.57. The summed E-state index contributed by atoms with van der Waals surface area (Å²) in [4.78, 5) is 13.4. The SMILES string of the molecule is O=C(Oc1c(Cl)cc(Cl)cc1Cl)N1CCCC1. The Bertz CT molecular complexity index is 421. The van der Waals surface area contributed by atoms with Crippen molar-refractivity contribution in [2.24, 2.45) is 0 Å². The number of ether oxygens (including phenoxy) is 1. The second-order valence-electron chi connectivity index (χ2n) is 3.76. The monoisotopic (exact) mass is 293 g/mol. The molecule has 0 N–H and O–H groups in total. The first-order chi connectivity index (χ1) is 8.08. The topological polar surface area (TPSA) is 29.5 Å². The van der Waals surface area contributed by atoms with Crippen LogP contribution in [0.5, 0.6) is 5.75 Å². The zero-order chi connectivity index (χ0) is 12.4. The van der Waals surface area contributed by atoms with Gasteiger partial charge >= 0.3 is 6.09 Å². The highest BCUT2D eigenvalue weighted by Gasteiger charge is 2.22. The predicted octanol–water partition coefficient (Wildman–Crippen LogP) is 4.24. The highest BCUT2D eigenvalue weighted by Crippen LogP contribution is 2.36. The summed E-state index contributed by atoms with van der Waals surface area (Å²) >= 11 is 17.6. The first kappa shape index (κ1) is 12.8. The van der Waals surface area contributed by atoms with E-state index in [1.165, 1.54) is 12.1 Å². The summed E-state index contributed by atoms with van der Waals surface area (Å²) in [5.41, 5.74) is 0. The van der Waals surface area contributed by atoms with Crippen LogP contribution < -0.4 is 4.74 Å². The van der Waals surface area contributed by atoms with Crippen LogP contribution in [-0.4, -0.2) is 24.1 Å². The van der Waals surface area contributed by atoms with Gasteiger partial charge < -0.3 is 9.64 Å². The first-order valence-electron chi connectivity index (χ1n) is 5.19. The van der Waals surface area contributed by atoms with Crippen molar-refractivity contribution in [1.82, 2.24) is 4.90 Å². The molecule has 0 unspecified atom stereocenters. The lowest BCUT2D eigenvalue weighted by atomic mass is 10.3. The fourth-order valence-electron chi connectivity index (χ4n) is 1.68. The summed E-state index contributed by atoms with van der Waals surface area (Å²) in [6, 6.07) is 2.98. The van der Waals surface area contributed by atoms with Crippen LogP contribution >= 0.6 is 34.8 Å². The third-order valence-electron chi connectivity index (χ3n) is 2.52. The van der Waals surface area contributed by atoms with E-state index in [9.17, 15) is 4.79 Å². The maximum Gasteiger partial charge on any atom is 0.415 e. The molecule has 1 aliphatic heterocycles. The molecule has 3 nitrogen and oxygen atoms in total. The molecule has 1 aromatic carbocycles. The minimum atomic E-state index is -0.423. The lowest BCUT2D eigenvalue weighted by Crippen LogP contribution is -2.30. The van der Waals surface area contributed by atoms with Crippen LogP contribution in [0.25, 0.3) is 0 Å². The van der Waals surface area contributed by atoms with E-state index < -0.39 is 6.09 Å². The minimum absolute atomic E-state index is 0.162. The maximum absolute atomic E-state index is 11.8. The van der Waals surface area contributed by atoms with E-state index in [0.717, 1.165) is 12.8 Å². The number of carbonyl (C=O) groups is 1. The van der Waals surface area contributed by atoms with Gasteiger partial charge in [0.2, 0.25) is 0 Å². The van der Waals surface area contributed by atoms with Gasteiger partial charge in [0.1, 0.15) is 0 Å². The second kappa shape index (κ2) is 5.34. The molecule has 1 saturated heterocycles. The van der Waals surface area contributed by atoms with Crippen molar-refractivity contribution in [3.63, 3.8) is 0 Å². The Morgan fingerprint density at radius 2 is 1.65 bits per heavy atom. The maximum atomic E-state index is 11.8. The summed E-state index contributed by atoms with van der Waals surface area (Å²) in [6.45, 7) is 1.42. The van der Waals surface area contributed by atoms with Crippen LogP contribution in [0.4, 0.5) is 4.79 Å². The van der Waals surface area contributed by atoms with Crippen molar-refractivity contribution in [3.8, 4) is 5.75 Å². The Morgan fingerprint density at radius 1 is 1.12 bits per heavy atom. The molecule has 6 heteroatoms. The van der Waals surface area contributed by atoms with Gasteiger partial charge in [0.15, 0.2) is 5.75 Å². The van der Waals surface area contributed by atoms with E-state index in [-0.39, 0.29) is 15.8 Å². The molecular weight excluding hydrogens is 284 g/mol. The number of hydrogen-bond donors (Lipinski definition) is 0. The largest absolute Gasteiger partial charge is 0.415 e. The fraction of sp³-hybridized carbons (Fsp3) is 0.364. The molecule has 0 aliphatic carbocycles. The number of hydrogen-bond acceptors (Lipinski definition) is 2. The molecule has 1 aromatic rings. The van der Waals surface area contributed by atoms with E-state index in [0.29, 0.717) is 18.1 Å². The van der Waals surface area contributed by atoms with Gasteiger partial charge in [-0.25, -0.2) is 4.79 Å². The Labute approximate surface area is 114 Å². The molecule has 0 bridgehead atoms. The molecule has 1 amide bonds. The molecule has 0 spiro atoms. The molecule has 2 rings (SSSR count). The zero-order valence-corrected chi connectivity index (χ0v) is 11.1. The molecule has 0 radical (unpaired) electrons. The van der Waals surface area contributed by atoms with Gasteiger partial charge in [-0.3, -0.25) is 0 Å². The zero-order valence-electron chi connectivity index (χ0n) is 8.88. The smallest absolute Gasteiger partial charge is 0.407 e. The lowest BCUT2D eigenvalue weighted by molar-refractivity contribution is 0.163.